The van der Waals surface area contributed by atoms with Crippen LogP contribution in [0.25, 0.3) is 0 Å². The van der Waals surface area contributed by atoms with Gasteiger partial charge in [-0.25, -0.2) is 9.59 Å². The number of carbonyl (C=O) groups is 2. The Morgan fingerprint density at radius 1 is 1.20 bits per heavy atom. The van der Waals surface area contributed by atoms with Gasteiger partial charge in [-0.1, -0.05) is 19.1 Å². The number of rotatable bonds is 3. The fraction of sp³-hybridized carbons (Fsp3) is 0.368. The first-order chi connectivity index (χ1) is 12.1. The predicted molar refractivity (Wildman–Crippen MR) is 95.7 cm³/mol. The summed E-state index contributed by atoms with van der Waals surface area (Å²) >= 11 is 0. The first kappa shape index (κ1) is 17.1. The van der Waals surface area contributed by atoms with E-state index in [1.54, 1.807) is 24.3 Å². The Balaban J connectivity index is 1.84. The third-order valence-corrected chi connectivity index (χ3v) is 4.74. The number of ether oxygens (including phenoxy) is 1. The maximum atomic E-state index is 12.9. The van der Waals surface area contributed by atoms with E-state index in [1.807, 2.05) is 4.90 Å². The number of methoxy groups -OCH3 is 1. The summed E-state index contributed by atoms with van der Waals surface area (Å²) in [6, 6.07) is 10.9. The van der Waals surface area contributed by atoms with Crippen LogP contribution in [0.3, 0.4) is 0 Å². The number of hydrogen-bond donors (Lipinski definition) is 1. The number of nitrogens with one attached hydrogen (secondary N) is 1. The third kappa shape index (κ3) is 3.12. The van der Waals surface area contributed by atoms with Crippen LogP contribution in [0.5, 0.6) is 0 Å². The van der Waals surface area contributed by atoms with Crippen LogP contribution >= 0.6 is 0 Å². The SMILES string of the molecule is CC[C@@H]1c2ccc(C)n2CCN1C(=O)Nc1ccccc1C(=O)OC. The number of aryl methyl sites for hydroxylation is 1. The topological polar surface area (TPSA) is 63.6 Å². The first-order valence-corrected chi connectivity index (χ1v) is 8.47. The number of para-hydroxylation sites is 1. The molecule has 2 heterocycles. The highest BCUT2D eigenvalue weighted by Gasteiger charge is 2.30. The second kappa shape index (κ2) is 7.01. The van der Waals surface area contributed by atoms with Gasteiger partial charge in [-0.05, 0) is 37.6 Å². The molecule has 1 aliphatic heterocycles. The van der Waals surface area contributed by atoms with E-state index in [-0.39, 0.29) is 12.1 Å². The molecule has 3 rings (SSSR count). The lowest BCUT2D eigenvalue weighted by molar-refractivity contribution is 0.0602. The van der Waals surface area contributed by atoms with Crippen molar-refractivity contribution in [2.45, 2.75) is 32.9 Å². The molecular formula is C19H23N3O3. The van der Waals surface area contributed by atoms with Crippen molar-refractivity contribution in [3.63, 3.8) is 0 Å². The van der Waals surface area contributed by atoms with Gasteiger partial charge < -0.3 is 19.5 Å². The van der Waals surface area contributed by atoms with E-state index < -0.39 is 5.97 Å². The van der Waals surface area contributed by atoms with Crippen LogP contribution in [0.4, 0.5) is 10.5 Å². The quantitative estimate of drug-likeness (QED) is 0.868. The van der Waals surface area contributed by atoms with E-state index >= 15 is 0 Å². The molecule has 25 heavy (non-hydrogen) atoms. The van der Waals surface area contributed by atoms with Crippen LogP contribution in [0.15, 0.2) is 36.4 Å². The molecule has 0 aliphatic carbocycles. The van der Waals surface area contributed by atoms with E-state index in [2.05, 4.69) is 35.9 Å². The van der Waals surface area contributed by atoms with Crippen LogP contribution in [-0.4, -0.2) is 35.1 Å². The molecule has 1 aliphatic rings. The lowest BCUT2D eigenvalue weighted by Crippen LogP contribution is -2.44. The molecule has 1 aromatic heterocycles. The molecule has 0 saturated carbocycles. The number of nitrogens with zero attached hydrogens (tertiary/aromatic N) is 2. The van der Waals surface area contributed by atoms with Gasteiger partial charge in [0.15, 0.2) is 0 Å². The molecule has 0 fully saturated rings. The average Bonchev–Trinajstić information content (AvgIpc) is 3.01. The fourth-order valence-corrected chi connectivity index (χ4v) is 3.45. The van der Waals surface area contributed by atoms with Crippen LogP contribution in [0.1, 0.15) is 41.1 Å². The molecule has 132 valence electrons. The van der Waals surface area contributed by atoms with Gasteiger partial charge in [-0.2, -0.15) is 0 Å². The van der Waals surface area contributed by atoms with Gasteiger partial charge in [0.05, 0.1) is 24.4 Å². The summed E-state index contributed by atoms with van der Waals surface area (Å²) in [6.07, 6.45) is 0.829. The molecular weight excluding hydrogens is 318 g/mol. The summed E-state index contributed by atoms with van der Waals surface area (Å²) in [5.41, 5.74) is 3.18. The van der Waals surface area contributed by atoms with Crippen molar-refractivity contribution in [2.24, 2.45) is 0 Å². The summed E-state index contributed by atoms with van der Waals surface area (Å²) in [4.78, 5) is 26.6. The van der Waals surface area contributed by atoms with E-state index in [0.29, 0.717) is 17.8 Å². The van der Waals surface area contributed by atoms with Crippen LogP contribution in [0, 0.1) is 6.92 Å². The summed E-state index contributed by atoms with van der Waals surface area (Å²) in [7, 11) is 1.33. The smallest absolute Gasteiger partial charge is 0.339 e. The molecule has 1 aromatic carbocycles. The minimum atomic E-state index is -0.467. The lowest BCUT2D eigenvalue weighted by Gasteiger charge is -2.37. The van der Waals surface area contributed by atoms with Crippen molar-refractivity contribution in [3.05, 3.63) is 53.3 Å². The van der Waals surface area contributed by atoms with Crippen molar-refractivity contribution < 1.29 is 14.3 Å². The summed E-state index contributed by atoms with van der Waals surface area (Å²) in [6.45, 7) is 5.56. The molecule has 0 unspecified atom stereocenters. The minimum Gasteiger partial charge on any atom is -0.465 e. The molecule has 1 atom stereocenters. The first-order valence-electron chi connectivity index (χ1n) is 8.47. The zero-order valence-corrected chi connectivity index (χ0v) is 14.8. The van der Waals surface area contributed by atoms with Crippen molar-refractivity contribution >= 4 is 17.7 Å². The molecule has 0 saturated heterocycles. The summed E-state index contributed by atoms with van der Waals surface area (Å²) in [5, 5.41) is 2.87. The number of anilines is 1. The second-order valence-electron chi connectivity index (χ2n) is 6.14. The predicted octanol–water partition coefficient (Wildman–Crippen LogP) is 3.58. The Bertz CT molecular complexity index is 797. The largest absolute Gasteiger partial charge is 0.465 e. The highest BCUT2D eigenvalue weighted by Crippen LogP contribution is 2.31. The van der Waals surface area contributed by atoms with Crippen LogP contribution in [0.2, 0.25) is 0 Å². The zero-order valence-electron chi connectivity index (χ0n) is 14.8. The maximum Gasteiger partial charge on any atom is 0.339 e. The summed E-state index contributed by atoms with van der Waals surface area (Å²) < 4.78 is 7.05. The van der Waals surface area contributed by atoms with E-state index in [4.69, 9.17) is 4.74 Å². The van der Waals surface area contributed by atoms with Crippen molar-refractivity contribution in [2.75, 3.05) is 19.0 Å². The number of aromatic nitrogens is 1. The van der Waals surface area contributed by atoms with E-state index in [9.17, 15) is 9.59 Å². The normalized spacial score (nSPS) is 16.3. The Labute approximate surface area is 147 Å². The molecule has 0 bridgehead atoms. The number of fused-ring (bicyclic) bond motifs is 1. The Kier molecular flexibility index (Phi) is 4.79. The number of amides is 2. The van der Waals surface area contributed by atoms with Gasteiger partial charge in [0.1, 0.15) is 0 Å². The molecule has 1 N–H and O–H groups in total. The van der Waals surface area contributed by atoms with Crippen molar-refractivity contribution in [1.29, 1.82) is 0 Å². The molecule has 0 radical (unpaired) electrons. The molecule has 2 amide bonds. The zero-order chi connectivity index (χ0) is 18.0. The monoisotopic (exact) mass is 341 g/mol. The standard InChI is InChI=1S/C19H23N3O3/c1-4-16-17-10-9-13(2)21(17)11-12-22(16)19(24)20-15-8-6-5-7-14(15)18(23)25-3/h5-10,16H,4,11-12H2,1-3H3,(H,20,24)/t16-/m1/s1. The Morgan fingerprint density at radius 2 is 1.96 bits per heavy atom. The summed E-state index contributed by atoms with van der Waals surface area (Å²) in [5.74, 6) is -0.467. The van der Waals surface area contributed by atoms with Gasteiger partial charge in [0.25, 0.3) is 0 Å². The number of hydrogen-bond acceptors (Lipinski definition) is 3. The molecule has 6 nitrogen and oxygen atoms in total. The number of benzene rings is 1. The molecule has 2 aromatic rings. The number of urea groups is 1. The van der Waals surface area contributed by atoms with Crippen LogP contribution < -0.4 is 5.32 Å². The van der Waals surface area contributed by atoms with Gasteiger partial charge in [-0.15, -0.1) is 0 Å². The Morgan fingerprint density at radius 3 is 2.68 bits per heavy atom. The number of carbonyl (C=O) groups excluding carboxylic acids is 2. The molecule has 6 heteroatoms. The lowest BCUT2D eigenvalue weighted by atomic mass is 10.1. The van der Waals surface area contributed by atoms with Gasteiger partial charge >= 0.3 is 12.0 Å². The fourth-order valence-electron chi connectivity index (χ4n) is 3.45. The third-order valence-electron chi connectivity index (χ3n) is 4.74. The van der Waals surface area contributed by atoms with Gasteiger partial charge in [0.2, 0.25) is 0 Å². The minimum absolute atomic E-state index is 0.0211. The van der Waals surface area contributed by atoms with Crippen LogP contribution in [-0.2, 0) is 11.3 Å². The number of esters is 1. The van der Waals surface area contributed by atoms with Gasteiger partial charge in [-0.3, -0.25) is 0 Å². The van der Waals surface area contributed by atoms with Crippen molar-refractivity contribution in [3.8, 4) is 0 Å². The van der Waals surface area contributed by atoms with Crippen molar-refractivity contribution in [1.82, 2.24) is 9.47 Å². The highest BCUT2D eigenvalue weighted by molar-refractivity contribution is 6.00. The maximum absolute atomic E-state index is 12.9. The van der Waals surface area contributed by atoms with E-state index in [1.165, 1.54) is 12.8 Å². The average molecular weight is 341 g/mol. The Hall–Kier alpha value is -2.76. The second-order valence-corrected chi connectivity index (χ2v) is 6.14. The molecule has 0 spiro atoms. The van der Waals surface area contributed by atoms with E-state index in [0.717, 1.165) is 18.7 Å². The van der Waals surface area contributed by atoms with Gasteiger partial charge in [0, 0.05) is 24.5 Å². The highest BCUT2D eigenvalue weighted by atomic mass is 16.5.